The SMILES string of the molecule is CC(C)(Sc1ccccc1)[N+](=O)[O-]. The van der Waals surface area contributed by atoms with E-state index in [-0.39, 0.29) is 4.92 Å². The van der Waals surface area contributed by atoms with Gasteiger partial charge >= 0.3 is 0 Å². The van der Waals surface area contributed by atoms with Crippen molar-refractivity contribution in [2.45, 2.75) is 23.6 Å². The summed E-state index contributed by atoms with van der Waals surface area (Å²) >= 11 is 1.25. The molecule has 0 spiro atoms. The fourth-order valence-electron chi connectivity index (χ4n) is 0.814. The largest absolute Gasteiger partial charge is 0.266 e. The molecule has 0 atom stereocenters. The van der Waals surface area contributed by atoms with E-state index in [1.54, 1.807) is 13.8 Å². The summed E-state index contributed by atoms with van der Waals surface area (Å²) in [5, 5.41) is 10.6. The highest BCUT2D eigenvalue weighted by Crippen LogP contribution is 2.32. The maximum absolute atomic E-state index is 10.6. The molecule has 0 fully saturated rings. The van der Waals surface area contributed by atoms with Gasteiger partial charge in [-0.15, -0.1) is 0 Å². The molecule has 0 amide bonds. The quantitative estimate of drug-likeness (QED) is 0.324. The van der Waals surface area contributed by atoms with Crippen LogP contribution in [-0.4, -0.2) is 9.79 Å². The molecule has 0 aliphatic rings. The van der Waals surface area contributed by atoms with Crippen LogP contribution >= 0.6 is 11.8 Å². The molecule has 0 saturated heterocycles. The molecule has 0 unspecified atom stereocenters. The van der Waals surface area contributed by atoms with Gasteiger partial charge in [0.05, 0.1) is 0 Å². The van der Waals surface area contributed by atoms with Crippen molar-refractivity contribution in [3.05, 3.63) is 40.4 Å². The summed E-state index contributed by atoms with van der Waals surface area (Å²) in [6.45, 7) is 3.20. The average molecular weight is 197 g/mol. The van der Waals surface area contributed by atoms with Gasteiger partial charge in [0, 0.05) is 23.7 Å². The van der Waals surface area contributed by atoms with Crippen LogP contribution in [0.5, 0.6) is 0 Å². The zero-order chi connectivity index (χ0) is 9.90. The second-order valence-corrected chi connectivity index (χ2v) is 4.79. The summed E-state index contributed by atoms with van der Waals surface area (Å²) in [4.78, 5) is 10.3. The van der Waals surface area contributed by atoms with E-state index in [9.17, 15) is 10.1 Å². The molecule has 0 saturated carbocycles. The van der Waals surface area contributed by atoms with Crippen LogP contribution in [0.2, 0.25) is 0 Å². The molecule has 1 aromatic carbocycles. The van der Waals surface area contributed by atoms with Gasteiger partial charge in [-0.25, -0.2) is 0 Å². The predicted octanol–water partition coefficient (Wildman–Crippen LogP) is 2.79. The Morgan fingerprint density at radius 3 is 2.31 bits per heavy atom. The van der Waals surface area contributed by atoms with Gasteiger partial charge in [0.1, 0.15) is 0 Å². The third-order valence-corrected chi connectivity index (χ3v) is 2.71. The summed E-state index contributed by atoms with van der Waals surface area (Å²) in [6.07, 6.45) is 0. The standard InChI is InChI=1S/C9H11NO2S/c1-9(2,10(11)12)13-8-6-4-3-5-7-8/h3-7H,1-2H3. The van der Waals surface area contributed by atoms with E-state index in [1.807, 2.05) is 30.3 Å². The molecule has 3 nitrogen and oxygen atoms in total. The Bertz CT molecular complexity index is 298. The fourth-order valence-corrected chi connectivity index (χ4v) is 1.76. The molecule has 0 heterocycles. The summed E-state index contributed by atoms with van der Waals surface area (Å²) in [5.74, 6) is 0. The minimum atomic E-state index is -0.957. The second kappa shape index (κ2) is 3.79. The van der Waals surface area contributed by atoms with Gasteiger partial charge in [0.2, 0.25) is 0 Å². The van der Waals surface area contributed by atoms with Gasteiger partial charge in [-0.2, -0.15) is 0 Å². The minimum absolute atomic E-state index is 0.273. The summed E-state index contributed by atoms with van der Waals surface area (Å²) in [6, 6.07) is 9.38. The predicted molar refractivity (Wildman–Crippen MR) is 53.4 cm³/mol. The van der Waals surface area contributed by atoms with Crippen molar-refractivity contribution in [3.63, 3.8) is 0 Å². The van der Waals surface area contributed by atoms with Crippen molar-refractivity contribution < 1.29 is 4.92 Å². The van der Waals surface area contributed by atoms with Crippen LogP contribution in [0.4, 0.5) is 0 Å². The molecule has 4 heteroatoms. The first kappa shape index (κ1) is 10.1. The Kier molecular flexibility index (Phi) is 2.93. The van der Waals surface area contributed by atoms with E-state index in [4.69, 9.17) is 0 Å². The Balaban J connectivity index is 2.75. The summed E-state index contributed by atoms with van der Waals surface area (Å²) < 4.78 is 0. The van der Waals surface area contributed by atoms with Crippen molar-refractivity contribution in [3.8, 4) is 0 Å². The third-order valence-electron chi connectivity index (χ3n) is 1.55. The van der Waals surface area contributed by atoms with Crippen molar-refractivity contribution in [1.29, 1.82) is 0 Å². The molecular weight excluding hydrogens is 186 g/mol. The molecular formula is C9H11NO2S. The molecule has 0 N–H and O–H groups in total. The lowest BCUT2D eigenvalue weighted by molar-refractivity contribution is -0.528. The number of thioether (sulfide) groups is 1. The molecule has 1 aromatic rings. The maximum Gasteiger partial charge on any atom is 0.266 e. The van der Waals surface area contributed by atoms with Crippen molar-refractivity contribution in [2.75, 3.05) is 0 Å². The van der Waals surface area contributed by atoms with Gasteiger partial charge in [0.25, 0.3) is 4.87 Å². The third kappa shape index (κ3) is 2.73. The van der Waals surface area contributed by atoms with Crippen LogP contribution in [-0.2, 0) is 0 Å². The van der Waals surface area contributed by atoms with E-state index in [0.717, 1.165) is 4.90 Å². The van der Waals surface area contributed by atoms with Crippen LogP contribution < -0.4 is 0 Å². The first-order valence-corrected chi connectivity index (χ1v) is 4.72. The van der Waals surface area contributed by atoms with E-state index in [1.165, 1.54) is 11.8 Å². The van der Waals surface area contributed by atoms with Gasteiger partial charge in [-0.05, 0) is 23.9 Å². The lowest BCUT2D eigenvalue weighted by Crippen LogP contribution is -2.26. The number of rotatable bonds is 3. The van der Waals surface area contributed by atoms with Crippen LogP contribution in [0.1, 0.15) is 13.8 Å². The number of nitro groups is 1. The first-order chi connectivity index (χ1) is 6.02. The van der Waals surface area contributed by atoms with Gasteiger partial charge in [-0.1, -0.05) is 18.2 Å². The number of hydrogen-bond acceptors (Lipinski definition) is 3. The lowest BCUT2D eigenvalue weighted by Gasteiger charge is -2.14. The number of nitrogens with zero attached hydrogens (tertiary/aromatic N) is 1. The van der Waals surface area contributed by atoms with Gasteiger partial charge in [0.15, 0.2) is 0 Å². The van der Waals surface area contributed by atoms with Crippen LogP contribution in [0.15, 0.2) is 35.2 Å². The lowest BCUT2D eigenvalue weighted by atomic mass is 10.4. The zero-order valence-corrected chi connectivity index (χ0v) is 8.38. The van der Waals surface area contributed by atoms with Crippen LogP contribution in [0.3, 0.4) is 0 Å². The average Bonchev–Trinajstić information content (AvgIpc) is 2.05. The Morgan fingerprint density at radius 2 is 1.85 bits per heavy atom. The molecule has 13 heavy (non-hydrogen) atoms. The molecule has 0 aliphatic carbocycles. The van der Waals surface area contributed by atoms with Crippen molar-refractivity contribution in [1.82, 2.24) is 0 Å². The topological polar surface area (TPSA) is 43.1 Å². The number of benzene rings is 1. The van der Waals surface area contributed by atoms with E-state index < -0.39 is 4.87 Å². The minimum Gasteiger partial charge on any atom is -0.263 e. The fraction of sp³-hybridized carbons (Fsp3) is 0.333. The van der Waals surface area contributed by atoms with E-state index in [2.05, 4.69) is 0 Å². The molecule has 0 aliphatic heterocycles. The molecule has 1 rings (SSSR count). The van der Waals surface area contributed by atoms with Crippen LogP contribution in [0.25, 0.3) is 0 Å². The Hall–Kier alpha value is -1.03. The van der Waals surface area contributed by atoms with E-state index >= 15 is 0 Å². The molecule has 0 bridgehead atoms. The molecule has 0 radical (unpaired) electrons. The monoisotopic (exact) mass is 197 g/mol. The summed E-state index contributed by atoms with van der Waals surface area (Å²) in [5.41, 5.74) is 0. The van der Waals surface area contributed by atoms with Gasteiger partial charge in [-0.3, -0.25) is 10.1 Å². The zero-order valence-electron chi connectivity index (χ0n) is 7.56. The maximum atomic E-state index is 10.6. The highest BCUT2D eigenvalue weighted by Gasteiger charge is 2.31. The van der Waals surface area contributed by atoms with Gasteiger partial charge < -0.3 is 0 Å². The molecule has 70 valence electrons. The smallest absolute Gasteiger partial charge is 0.263 e. The first-order valence-electron chi connectivity index (χ1n) is 3.91. The highest BCUT2D eigenvalue weighted by molar-refractivity contribution is 8.00. The van der Waals surface area contributed by atoms with Crippen molar-refractivity contribution in [2.24, 2.45) is 0 Å². The summed E-state index contributed by atoms with van der Waals surface area (Å²) in [7, 11) is 0. The van der Waals surface area contributed by atoms with Crippen LogP contribution in [0, 0.1) is 10.1 Å². The Morgan fingerprint density at radius 1 is 1.31 bits per heavy atom. The number of hydrogen-bond donors (Lipinski definition) is 0. The van der Waals surface area contributed by atoms with E-state index in [0.29, 0.717) is 0 Å². The molecule has 0 aromatic heterocycles. The highest BCUT2D eigenvalue weighted by atomic mass is 32.2. The van der Waals surface area contributed by atoms with Crippen molar-refractivity contribution >= 4 is 11.8 Å². The normalized spacial score (nSPS) is 11.2. The second-order valence-electron chi connectivity index (χ2n) is 3.12. The Labute approximate surface area is 81.3 Å².